The molecule has 0 aromatic heterocycles. The van der Waals surface area contributed by atoms with Crippen LogP contribution in [0.3, 0.4) is 0 Å². The molecule has 1 heterocycles. The van der Waals surface area contributed by atoms with Gasteiger partial charge in [0.25, 0.3) is 0 Å². The molecule has 1 aliphatic heterocycles. The van der Waals surface area contributed by atoms with Gasteiger partial charge in [-0.2, -0.15) is 0 Å². The number of amides is 1. The second-order valence-corrected chi connectivity index (χ2v) is 5.87. The molecule has 1 saturated heterocycles. The minimum atomic E-state index is 0.193. The number of piperidine rings is 1. The molecule has 0 bridgehead atoms. The van der Waals surface area contributed by atoms with Crippen LogP contribution in [0.15, 0.2) is 30.3 Å². The van der Waals surface area contributed by atoms with Gasteiger partial charge in [-0.1, -0.05) is 37.3 Å². The fourth-order valence-electron chi connectivity index (χ4n) is 2.76. The Labute approximate surface area is 122 Å². The highest BCUT2D eigenvalue weighted by Gasteiger charge is 2.21. The molecule has 1 aliphatic rings. The van der Waals surface area contributed by atoms with Crippen molar-refractivity contribution in [2.45, 2.75) is 32.6 Å². The van der Waals surface area contributed by atoms with Crippen LogP contribution in [0, 0.1) is 11.8 Å². The fourth-order valence-corrected chi connectivity index (χ4v) is 2.76. The molecule has 2 atom stereocenters. The fraction of sp³-hybridized carbons (Fsp3) is 0.588. The monoisotopic (exact) mass is 274 g/mol. The van der Waals surface area contributed by atoms with E-state index >= 15 is 0 Å². The Hall–Kier alpha value is -1.35. The van der Waals surface area contributed by atoms with Gasteiger partial charge in [-0.3, -0.25) is 4.79 Å². The average molecular weight is 274 g/mol. The van der Waals surface area contributed by atoms with Gasteiger partial charge >= 0.3 is 0 Å². The number of carbonyl (C=O) groups excluding carboxylic acids is 1. The number of nitrogens with one attached hydrogen (secondary N) is 2. The normalized spacial score (nSPS) is 22.4. The highest BCUT2D eigenvalue weighted by Crippen LogP contribution is 2.17. The molecular weight excluding hydrogens is 248 g/mol. The van der Waals surface area contributed by atoms with Crippen LogP contribution in [0.4, 0.5) is 0 Å². The molecule has 3 heteroatoms. The number of carbonyl (C=O) groups is 1. The molecule has 1 aromatic carbocycles. The summed E-state index contributed by atoms with van der Waals surface area (Å²) in [6.45, 7) is 5.25. The molecule has 2 rings (SSSR count). The maximum atomic E-state index is 11.9. The molecule has 110 valence electrons. The lowest BCUT2D eigenvalue weighted by molar-refractivity contribution is -0.121. The van der Waals surface area contributed by atoms with Gasteiger partial charge in [-0.05, 0) is 49.8 Å². The Morgan fingerprint density at radius 3 is 2.90 bits per heavy atom. The van der Waals surface area contributed by atoms with Gasteiger partial charge in [0.1, 0.15) is 0 Å². The van der Waals surface area contributed by atoms with Crippen molar-refractivity contribution in [3.63, 3.8) is 0 Å². The van der Waals surface area contributed by atoms with E-state index in [0.717, 1.165) is 32.5 Å². The number of hydrogen-bond acceptors (Lipinski definition) is 2. The van der Waals surface area contributed by atoms with E-state index in [1.54, 1.807) is 0 Å². The Morgan fingerprint density at radius 2 is 2.15 bits per heavy atom. The average Bonchev–Trinajstić information content (AvgIpc) is 2.47. The van der Waals surface area contributed by atoms with E-state index in [1.807, 2.05) is 18.2 Å². The molecule has 20 heavy (non-hydrogen) atoms. The zero-order valence-electron chi connectivity index (χ0n) is 12.4. The van der Waals surface area contributed by atoms with Crippen molar-refractivity contribution in [2.24, 2.45) is 11.8 Å². The molecule has 0 saturated carbocycles. The maximum Gasteiger partial charge on any atom is 0.220 e. The lowest BCUT2D eigenvalue weighted by Crippen LogP contribution is -2.42. The summed E-state index contributed by atoms with van der Waals surface area (Å²) in [5, 5.41) is 6.49. The van der Waals surface area contributed by atoms with Crippen LogP contribution in [-0.2, 0) is 11.2 Å². The van der Waals surface area contributed by atoms with Crippen LogP contribution in [0.1, 0.15) is 31.7 Å². The van der Waals surface area contributed by atoms with Gasteiger partial charge in [-0.25, -0.2) is 0 Å². The highest BCUT2D eigenvalue weighted by molar-refractivity contribution is 5.75. The molecule has 0 radical (unpaired) electrons. The minimum absolute atomic E-state index is 0.193. The SMILES string of the molecule is CC1CCNCC1CNC(=O)CCCc1ccccc1. The molecule has 0 aliphatic carbocycles. The largest absolute Gasteiger partial charge is 0.356 e. The standard InChI is InChI=1S/C17H26N2O/c1-14-10-11-18-12-16(14)13-19-17(20)9-5-8-15-6-3-2-4-7-15/h2-4,6-7,14,16,18H,5,8-13H2,1H3,(H,19,20). The molecule has 3 nitrogen and oxygen atoms in total. The molecule has 2 N–H and O–H groups in total. The van der Waals surface area contributed by atoms with Gasteiger partial charge in [0.2, 0.25) is 5.91 Å². The summed E-state index contributed by atoms with van der Waals surface area (Å²) in [7, 11) is 0. The van der Waals surface area contributed by atoms with Crippen LogP contribution in [0.5, 0.6) is 0 Å². The zero-order valence-corrected chi connectivity index (χ0v) is 12.4. The summed E-state index contributed by atoms with van der Waals surface area (Å²) >= 11 is 0. The third-order valence-electron chi connectivity index (χ3n) is 4.26. The molecule has 2 unspecified atom stereocenters. The lowest BCUT2D eigenvalue weighted by Gasteiger charge is -2.29. The molecule has 1 amide bonds. The van der Waals surface area contributed by atoms with E-state index in [4.69, 9.17) is 0 Å². The smallest absolute Gasteiger partial charge is 0.220 e. The predicted octanol–water partition coefficient (Wildman–Crippen LogP) is 2.37. The summed E-state index contributed by atoms with van der Waals surface area (Å²) in [4.78, 5) is 11.9. The quantitative estimate of drug-likeness (QED) is 0.836. The molecular formula is C17H26N2O. The van der Waals surface area contributed by atoms with E-state index in [1.165, 1.54) is 12.0 Å². The summed E-state index contributed by atoms with van der Waals surface area (Å²) in [6.07, 6.45) is 3.75. The first kappa shape index (κ1) is 15.0. The predicted molar refractivity (Wildman–Crippen MR) is 82.5 cm³/mol. The Bertz CT molecular complexity index is 405. The van der Waals surface area contributed by atoms with Gasteiger partial charge in [-0.15, -0.1) is 0 Å². The van der Waals surface area contributed by atoms with Crippen molar-refractivity contribution in [3.05, 3.63) is 35.9 Å². The molecule has 0 spiro atoms. The Balaban J connectivity index is 1.60. The van der Waals surface area contributed by atoms with E-state index in [0.29, 0.717) is 18.3 Å². The number of hydrogen-bond donors (Lipinski definition) is 2. The van der Waals surface area contributed by atoms with Gasteiger partial charge in [0, 0.05) is 13.0 Å². The van der Waals surface area contributed by atoms with E-state index in [9.17, 15) is 4.79 Å². The lowest BCUT2D eigenvalue weighted by atomic mass is 9.88. The van der Waals surface area contributed by atoms with E-state index < -0.39 is 0 Å². The van der Waals surface area contributed by atoms with Crippen LogP contribution in [-0.4, -0.2) is 25.5 Å². The highest BCUT2D eigenvalue weighted by atomic mass is 16.1. The summed E-state index contributed by atoms with van der Waals surface area (Å²) in [5.74, 6) is 1.49. The van der Waals surface area contributed by atoms with Gasteiger partial charge in [0.15, 0.2) is 0 Å². The van der Waals surface area contributed by atoms with Gasteiger partial charge < -0.3 is 10.6 Å². The second-order valence-electron chi connectivity index (χ2n) is 5.87. The summed E-state index contributed by atoms with van der Waals surface area (Å²) in [5.41, 5.74) is 1.31. The number of rotatable bonds is 6. The van der Waals surface area contributed by atoms with Crippen LogP contribution < -0.4 is 10.6 Å². The third kappa shape index (κ3) is 4.97. The molecule has 1 aromatic rings. The van der Waals surface area contributed by atoms with Crippen LogP contribution >= 0.6 is 0 Å². The van der Waals surface area contributed by atoms with Gasteiger partial charge in [0.05, 0.1) is 0 Å². The van der Waals surface area contributed by atoms with Crippen molar-refractivity contribution in [3.8, 4) is 0 Å². The van der Waals surface area contributed by atoms with Crippen LogP contribution in [0.25, 0.3) is 0 Å². The first-order valence-electron chi connectivity index (χ1n) is 7.77. The Kier molecular flexibility index (Phi) is 6.06. The third-order valence-corrected chi connectivity index (χ3v) is 4.26. The van der Waals surface area contributed by atoms with Crippen molar-refractivity contribution in [1.82, 2.24) is 10.6 Å². The van der Waals surface area contributed by atoms with Crippen LogP contribution in [0.2, 0.25) is 0 Å². The summed E-state index contributed by atoms with van der Waals surface area (Å²) < 4.78 is 0. The zero-order chi connectivity index (χ0) is 14.2. The first-order chi connectivity index (χ1) is 9.75. The minimum Gasteiger partial charge on any atom is -0.356 e. The maximum absolute atomic E-state index is 11.9. The Morgan fingerprint density at radius 1 is 1.35 bits per heavy atom. The summed E-state index contributed by atoms with van der Waals surface area (Å²) in [6, 6.07) is 10.4. The topological polar surface area (TPSA) is 41.1 Å². The van der Waals surface area contributed by atoms with Crippen molar-refractivity contribution in [2.75, 3.05) is 19.6 Å². The number of benzene rings is 1. The van der Waals surface area contributed by atoms with Crippen molar-refractivity contribution in [1.29, 1.82) is 0 Å². The number of aryl methyl sites for hydroxylation is 1. The first-order valence-corrected chi connectivity index (χ1v) is 7.77. The van der Waals surface area contributed by atoms with Crippen molar-refractivity contribution < 1.29 is 4.79 Å². The molecule has 1 fully saturated rings. The van der Waals surface area contributed by atoms with E-state index in [-0.39, 0.29) is 5.91 Å². The van der Waals surface area contributed by atoms with Crippen molar-refractivity contribution >= 4 is 5.91 Å². The second kappa shape index (κ2) is 8.05. The van der Waals surface area contributed by atoms with E-state index in [2.05, 4.69) is 29.7 Å².